The van der Waals surface area contributed by atoms with Gasteiger partial charge in [-0.1, -0.05) is 0 Å². The molecule has 5 rings (SSSR count). The summed E-state index contributed by atoms with van der Waals surface area (Å²) in [6.45, 7) is 3.07. The monoisotopic (exact) mass is 453 g/mol. The number of H-pyrrole nitrogens is 1. The SMILES string of the molecule is CC(=O)N1CCC(n2cc(Nc3nc4ccc(S(C)(=O)=O)cc4c4cn[nH]c34)cn2)CC1. The molecule has 1 aromatic carbocycles. The second-order valence-corrected chi connectivity index (χ2v) is 10.2. The Kier molecular flexibility index (Phi) is 4.85. The zero-order valence-corrected chi connectivity index (χ0v) is 18.6. The molecule has 0 unspecified atom stereocenters. The summed E-state index contributed by atoms with van der Waals surface area (Å²) >= 11 is 0. The Morgan fingerprint density at radius 3 is 2.69 bits per heavy atom. The molecule has 11 heteroatoms. The largest absolute Gasteiger partial charge is 0.343 e. The van der Waals surface area contributed by atoms with Crippen LogP contribution in [-0.4, -0.2) is 63.5 Å². The van der Waals surface area contributed by atoms with Crippen molar-refractivity contribution >= 4 is 49.1 Å². The lowest BCUT2D eigenvalue weighted by Crippen LogP contribution is -2.37. The molecule has 0 radical (unpaired) electrons. The zero-order chi connectivity index (χ0) is 22.5. The third-order valence-electron chi connectivity index (χ3n) is 5.94. The van der Waals surface area contributed by atoms with E-state index in [0.717, 1.165) is 42.4 Å². The van der Waals surface area contributed by atoms with Gasteiger partial charge in [-0.25, -0.2) is 13.4 Å². The van der Waals surface area contributed by atoms with Gasteiger partial charge in [0, 0.05) is 43.2 Å². The van der Waals surface area contributed by atoms with Gasteiger partial charge in [0.25, 0.3) is 0 Å². The van der Waals surface area contributed by atoms with E-state index in [1.807, 2.05) is 15.8 Å². The molecular weight excluding hydrogens is 430 g/mol. The third kappa shape index (κ3) is 3.68. The highest BCUT2D eigenvalue weighted by molar-refractivity contribution is 7.90. The molecule has 0 spiro atoms. The number of pyridine rings is 1. The van der Waals surface area contributed by atoms with Gasteiger partial charge in [0.15, 0.2) is 15.7 Å². The van der Waals surface area contributed by atoms with Gasteiger partial charge in [-0.15, -0.1) is 0 Å². The van der Waals surface area contributed by atoms with Crippen LogP contribution in [0.5, 0.6) is 0 Å². The average molecular weight is 454 g/mol. The first-order chi connectivity index (χ1) is 15.3. The van der Waals surface area contributed by atoms with E-state index in [-0.39, 0.29) is 16.8 Å². The predicted octanol–water partition coefficient (Wildman–Crippen LogP) is 2.64. The molecule has 0 saturated carbocycles. The summed E-state index contributed by atoms with van der Waals surface area (Å²) in [5.41, 5.74) is 2.14. The van der Waals surface area contributed by atoms with Crippen molar-refractivity contribution in [3.8, 4) is 0 Å². The Labute approximate surface area is 184 Å². The van der Waals surface area contributed by atoms with Crippen molar-refractivity contribution in [2.75, 3.05) is 24.7 Å². The van der Waals surface area contributed by atoms with E-state index >= 15 is 0 Å². The number of amides is 1. The van der Waals surface area contributed by atoms with Crippen LogP contribution in [0.25, 0.3) is 21.8 Å². The number of carbonyl (C=O) groups is 1. The van der Waals surface area contributed by atoms with Crippen molar-refractivity contribution in [3.63, 3.8) is 0 Å². The fraction of sp³-hybridized carbons (Fsp3) is 0.333. The average Bonchev–Trinajstić information content (AvgIpc) is 3.43. The minimum Gasteiger partial charge on any atom is -0.343 e. The van der Waals surface area contributed by atoms with Gasteiger partial charge in [0.2, 0.25) is 5.91 Å². The quantitative estimate of drug-likeness (QED) is 0.486. The fourth-order valence-electron chi connectivity index (χ4n) is 4.18. The van der Waals surface area contributed by atoms with E-state index in [1.165, 1.54) is 6.26 Å². The Bertz CT molecular complexity index is 1430. The first-order valence-corrected chi connectivity index (χ1v) is 12.2. The van der Waals surface area contributed by atoms with Crippen LogP contribution in [0, 0.1) is 0 Å². The number of anilines is 2. The fourth-order valence-corrected chi connectivity index (χ4v) is 4.83. The van der Waals surface area contributed by atoms with Crippen LogP contribution in [0.1, 0.15) is 25.8 Å². The molecule has 1 aliphatic heterocycles. The number of nitrogens with one attached hydrogen (secondary N) is 2. The number of rotatable bonds is 4. The van der Waals surface area contributed by atoms with E-state index in [9.17, 15) is 13.2 Å². The van der Waals surface area contributed by atoms with Crippen LogP contribution in [-0.2, 0) is 14.6 Å². The van der Waals surface area contributed by atoms with Gasteiger partial charge in [-0.2, -0.15) is 10.2 Å². The maximum Gasteiger partial charge on any atom is 0.219 e. The van der Waals surface area contributed by atoms with Crippen LogP contribution >= 0.6 is 0 Å². The summed E-state index contributed by atoms with van der Waals surface area (Å²) < 4.78 is 25.9. The number of hydrogen-bond acceptors (Lipinski definition) is 7. The lowest BCUT2D eigenvalue weighted by atomic mass is 10.1. The highest BCUT2D eigenvalue weighted by atomic mass is 32.2. The third-order valence-corrected chi connectivity index (χ3v) is 7.05. The first-order valence-electron chi connectivity index (χ1n) is 10.3. The summed E-state index contributed by atoms with van der Waals surface area (Å²) in [4.78, 5) is 18.3. The van der Waals surface area contributed by atoms with Gasteiger partial charge in [-0.3, -0.25) is 14.6 Å². The number of nitrogens with zero attached hydrogens (tertiary/aromatic N) is 5. The molecule has 166 valence electrons. The lowest BCUT2D eigenvalue weighted by molar-refractivity contribution is -0.130. The van der Waals surface area contributed by atoms with E-state index in [4.69, 9.17) is 0 Å². The van der Waals surface area contributed by atoms with E-state index in [0.29, 0.717) is 16.9 Å². The van der Waals surface area contributed by atoms with Crippen molar-refractivity contribution in [1.29, 1.82) is 0 Å². The second kappa shape index (κ2) is 7.59. The van der Waals surface area contributed by atoms with Crippen molar-refractivity contribution in [2.45, 2.75) is 30.7 Å². The smallest absolute Gasteiger partial charge is 0.219 e. The van der Waals surface area contributed by atoms with Crippen LogP contribution in [0.2, 0.25) is 0 Å². The minimum absolute atomic E-state index is 0.112. The normalized spacial score (nSPS) is 15.5. The van der Waals surface area contributed by atoms with Gasteiger partial charge in [-0.05, 0) is 31.0 Å². The topological polar surface area (TPSA) is 126 Å². The molecule has 4 aromatic rings. The second-order valence-electron chi connectivity index (χ2n) is 8.14. The molecular formula is C21H23N7O3S. The molecule has 0 atom stereocenters. The summed E-state index contributed by atoms with van der Waals surface area (Å²) in [5.74, 6) is 0.698. The van der Waals surface area contributed by atoms with Crippen LogP contribution in [0.3, 0.4) is 0 Å². The van der Waals surface area contributed by atoms with E-state index < -0.39 is 9.84 Å². The van der Waals surface area contributed by atoms with Gasteiger partial charge in [0.05, 0.1) is 34.5 Å². The molecule has 4 heterocycles. The molecule has 2 N–H and O–H groups in total. The molecule has 1 saturated heterocycles. The Hall–Kier alpha value is -3.47. The lowest BCUT2D eigenvalue weighted by Gasteiger charge is -2.31. The molecule has 1 fully saturated rings. The summed E-state index contributed by atoms with van der Waals surface area (Å²) in [6, 6.07) is 5.14. The van der Waals surface area contributed by atoms with Crippen molar-refractivity contribution in [3.05, 3.63) is 36.8 Å². The minimum atomic E-state index is -3.33. The number of hydrogen-bond donors (Lipinski definition) is 2. The number of fused-ring (bicyclic) bond motifs is 3. The first kappa shape index (κ1) is 20.4. The number of piperidine rings is 1. The summed E-state index contributed by atoms with van der Waals surface area (Å²) in [6.07, 6.45) is 8.27. The molecule has 0 bridgehead atoms. The molecule has 32 heavy (non-hydrogen) atoms. The number of aromatic amines is 1. The predicted molar refractivity (Wildman–Crippen MR) is 121 cm³/mol. The molecule has 10 nitrogen and oxygen atoms in total. The molecule has 1 aliphatic rings. The van der Waals surface area contributed by atoms with E-state index in [1.54, 1.807) is 37.5 Å². The maximum atomic E-state index is 12.0. The van der Waals surface area contributed by atoms with E-state index in [2.05, 4.69) is 25.6 Å². The Morgan fingerprint density at radius 2 is 1.97 bits per heavy atom. The highest BCUT2D eigenvalue weighted by Gasteiger charge is 2.23. The van der Waals surface area contributed by atoms with Crippen LogP contribution < -0.4 is 5.32 Å². The Morgan fingerprint density at radius 1 is 1.19 bits per heavy atom. The van der Waals surface area contributed by atoms with Crippen molar-refractivity contribution in [2.24, 2.45) is 0 Å². The number of likely N-dealkylation sites (tertiary alicyclic amines) is 1. The maximum absolute atomic E-state index is 12.0. The van der Waals surface area contributed by atoms with Gasteiger partial charge >= 0.3 is 0 Å². The van der Waals surface area contributed by atoms with Gasteiger partial charge in [0.1, 0.15) is 5.52 Å². The zero-order valence-electron chi connectivity index (χ0n) is 17.7. The molecule has 3 aromatic heterocycles. The van der Waals surface area contributed by atoms with Crippen molar-refractivity contribution < 1.29 is 13.2 Å². The number of carbonyl (C=O) groups excluding carboxylic acids is 1. The summed E-state index contributed by atoms with van der Waals surface area (Å²) in [7, 11) is -3.33. The number of benzene rings is 1. The number of aromatic nitrogens is 5. The van der Waals surface area contributed by atoms with Crippen molar-refractivity contribution in [1.82, 2.24) is 29.9 Å². The Balaban J connectivity index is 1.44. The standard InChI is InChI=1S/C21H23N7O3S/c1-13(29)27-7-5-15(6-8-27)28-12-14(10-23-28)24-21-20-18(11-22-26-20)17-9-16(32(2,30)31)3-4-19(17)25-21/h3-4,9-12,15H,5-8H2,1-2H3,(H,22,26)(H,24,25). The number of sulfone groups is 1. The molecule has 1 amide bonds. The van der Waals surface area contributed by atoms with Gasteiger partial charge < -0.3 is 10.2 Å². The molecule has 0 aliphatic carbocycles. The van der Waals surface area contributed by atoms with Crippen LogP contribution in [0.4, 0.5) is 11.5 Å². The summed E-state index contributed by atoms with van der Waals surface area (Å²) in [5, 5.41) is 16.4. The highest BCUT2D eigenvalue weighted by Crippen LogP contribution is 2.31. The van der Waals surface area contributed by atoms with Crippen LogP contribution in [0.15, 0.2) is 41.7 Å².